The number of aliphatic carboxylic acids is 1. The summed E-state index contributed by atoms with van der Waals surface area (Å²) < 4.78 is 0. The molecule has 0 saturated heterocycles. The molecule has 0 aromatic carbocycles. The Morgan fingerprint density at radius 2 is 1.80 bits per heavy atom. The fourth-order valence-corrected chi connectivity index (χ4v) is 1.73. The van der Waals surface area contributed by atoms with Gasteiger partial charge in [-0.25, -0.2) is 0 Å². The van der Waals surface area contributed by atoms with Crippen LogP contribution in [0.15, 0.2) is 0 Å². The van der Waals surface area contributed by atoms with Crippen LogP contribution in [0.25, 0.3) is 0 Å². The van der Waals surface area contributed by atoms with Gasteiger partial charge in [-0.2, -0.15) is 0 Å². The third-order valence-electron chi connectivity index (χ3n) is 2.25. The lowest BCUT2D eigenvalue weighted by Crippen LogP contribution is -2.30. The van der Waals surface area contributed by atoms with Crippen molar-refractivity contribution >= 4 is 18.4 Å². The largest absolute Gasteiger partial charge is 0.480 e. The van der Waals surface area contributed by atoms with Gasteiger partial charge < -0.3 is 10.8 Å². The van der Waals surface area contributed by atoms with Gasteiger partial charge in [0.05, 0.1) is 0 Å². The summed E-state index contributed by atoms with van der Waals surface area (Å²) in [6.45, 7) is 8.74. The molecule has 0 saturated carbocycles. The molecule has 0 amide bonds. The Morgan fingerprint density at radius 1 is 1.33 bits per heavy atom. The minimum atomic E-state index is -0.895. The zero-order valence-corrected chi connectivity index (χ0v) is 10.9. The van der Waals surface area contributed by atoms with E-state index in [2.05, 4.69) is 27.7 Å². The molecule has 0 radical (unpaired) electrons. The highest BCUT2D eigenvalue weighted by Crippen LogP contribution is 2.26. The van der Waals surface area contributed by atoms with Crippen molar-refractivity contribution in [2.24, 2.45) is 17.1 Å². The van der Waals surface area contributed by atoms with Crippen molar-refractivity contribution in [2.75, 3.05) is 0 Å². The van der Waals surface area contributed by atoms with Crippen molar-refractivity contribution in [1.29, 1.82) is 0 Å². The fourth-order valence-electron chi connectivity index (χ4n) is 1.73. The molecule has 92 valence electrons. The molecular weight excluding hydrogens is 214 g/mol. The molecule has 4 heteroatoms. The number of carboxylic acid groups (broad SMARTS) is 1. The van der Waals surface area contributed by atoms with Crippen LogP contribution in [0.1, 0.15) is 47.0 Å². The molecule has 0 aliphatic heterocycles. The lowest BCUT2D eigenvalue weighted by atomic mass is 9.83. The topological polar surface area (TPSA) is 63.3 Å². The van der Waals surface area contributed by atoms with Crippen molar-refractivity contribution in [3.8, 4) is 0 Å². The number of rotatable bonds is 5. The Labute approximate surface area is 98.8 Å². The maximum absolute atomic E-state index is 10.5. The van der Waals surface area contributed by atoms with Crippen molar-refractivity contribution in [3.05, 3.63) is 0 Å². The van der Waals surface area contributed by atoms with E-state index < -0.39 is 12.0 Å². The van der Waals surface area contributed by atoms with Crippen LogP contribution in [0.5, 0.6) is 0 Å². The highest BCUT2D eigenvalue weighted by molar-refractivity contribution is 5.85. The lowest BCUT2D eigenvalue weighted by Gasteiger charge is -2.23. The molecule has 0 fully saturated rings. The quantitative estimate of drug-likeness (QED) is 0.773. The zero-order valence-electron chi connectivity index (χ0n) is 10.1. The highest BCUT2D eigenvalue weighted by Gasteiger charge is 2.17. The van der Waals surface area contributed by atoms with E-state index in [-0.39, 0.29) is 12.4 Å². The zero-order chi connectivity index (χ0) is 11.4. The second-order valence-corrected chi connectivity index (χ2v) is 5.39. The van der Waals surface area contributed by atoms with Gasteiger partial charge in [-0.15, -0.1) is 12.4 Å². The summed E-state index contributed by atoms with van der Waals surface area (Å²) in [5.41, 5.74) is 5.74. The van der Waals surface area contributed by atoms with Crippen LogP contribution in [0.2, 0.25) is 0 Å². The van der Waals surface area contributed by atoms with Crippen LogP contribution in [0, 0.1) is 11.3 Å². The SMILES string of the molecule is CC(CCC(N)C(=O)O)CC(C)(C)C.Cl. The molecule has 0 aliphatic carbocycles. The Balaban J connectivity index is 0. The summed E-state index contributed by atoms with van der Waals surface area (Å²) >= 11 is 0. The normalized spacial score (nSPS) is 15.3. The lowest BCUT2D eigenvalue weighted by molar-refractivity contribution is -0.138. The second kappa shape index (κ2) is 7.07. The summed E-state index contributed by atoms with van der Waals surface area (Å²) in [5, 5.41) is 8.60. The molecule has 0 aliphatic rings. The van der Waals surface area contributed by atoms with E-state index in [1.807, 2.05) is 0 Å². The Morgan fingerprint density at radius 3 is 2.13 bits per heavy atom. The number of nitrogens with two attached hydrogens (primary N) is 1. The van der Waals surface area contributed by atoms with Crippen molar-refractivity contribution < 1.29 is 9.90 Å². The Kier molecular flexibility index (Phi) is 8.07. The molecule has 15 heavy (non-hydrogen) atoms. The molecule has 0 aromatic heterocycles. The summed E-state index contributed by atoms with van der Waals surface area (Å²) in [5.74, 6) is -0.353. The Bertz CT molecular complexity index is 190. The summed E-state index contributed by atoms with van der Waals surface area (Å²) in [6.07, 6.45) is 2.58. The Hall–Kier alpha value is -0.280. The second-order valence-electron chi connectivity index (χ2n) is 5.39. The standard InChI is InChI=1S/C11H23NO2.ClH/c1-8(7-11(2,3)4)5-6-9(12)10(13)14;/h8-9H,5-7,12H2,1-4H3,(H,13,14);1H. The minimum Gasteiger partial charge on any atom is -0.480 e. The fraction of sp³-hybridized carbons (Fsp3) is 0.909. The van der Waals surface area contributed by atoms with Gasteiger partial charge in [0.15, 0.2) is 0 Å². The van der Waals surface area contributed by atoms with E-state index in [4.69, 9.17) is 10.8 Å². The van der Waals surface area contributed by atoms with Crippen LogP contribution in [-0.2, 0) is 4.79 Å². The van der Waals surface area contributed by atoms with Gasteiger partial charge in [-0.05, 0) is 30.6 Å². The first kappa shape index (κ1) is 17.1. The van der Waals surface area contributed by atoms with Crippen LogP contribution in [0.4, 0.5) is 0 Å². The van der Waals surface area contributed by atoms with Gasteiger partial charge in [0, 0.05) is 0 Å². The van der Waals surface area contributed by atoms with Gasteiger partial charge in [0.25, 0.3) is 0 Å². The maximum atomic E-state index is 10.5. The predicted octanol–water partition coefficient (Wildman–Crippen LogP) is 2.67. The molecule has 0 aromatic rings. The molecule has 3 nitrogen and oxygen atoms in total. The van der Waals surface area contributed by atoms with Crippen LogP contribution >= 0.6 is 12.4 Å². The number of hydrogen-bond donors (Lipinski definition) is 2. The van der Waals surface area contributed by atoms with Gasteiger partial charge in [0.2, 0.25) is 0 Å². The molecule has 0 rings (SSSR count). The van der Waals surface area contributed by atoms with E-state index >= 15 is 0 Å². The number of carbonyl (C=O) groups is 1. The van der Waals surface area contributed by atoms with Gasteiger partial charge in [-0.3, -0.25) is 4.79 Å². The number of hydrogen-bond acceptors (Lipinski definition) is 2. The van der Waals surface area contributed by atoms with Crippen molar-refractivity contribution in [3.63, 3.8) is 0 Å². The first-order chi connectivity index (χ1) is 6.22. The molecule has 2 unspecified atom stereocenters. The van der Waals surface area contributed by atoms with Crippen molar-refractivity contribution in [1.82, 2.24) is 0 Å². The summed E-state index contributed by atoms with van der Waals surface area (Å²) in [6, 6.07) is -0.697. The number of carboxylic acids is 1. The average molecular weight is 238 g/mol. The van der Waals surface area contributed by atoms with E-state index in [1.54, 1.807) is 0 Å². The monoisotopic (exact) mass is 237 g/mol. The third-order valence-corrected chi connectivity index (χ3v) is 2.25. The minimum absolute atomic E-state index is 0. The van der Waals surface area contributed by atoms with Crippen LogP contribution in [-0.4, -0.2) is 17.1 Å². The van der Waals surface area contributed by atoms with Gasteiger partial charge >= 0.3 is 5.97 Å². The van der Waals surface area contributed by atoms with Crippen LogP contribution < -0.4 is 5.73 Å². The van der Waals surface area contributed by atoms with E-state index in [1.165, 1.54) is 0 Å². The maximum Gasteiger partial charge on any atom is 0.320 e. The molecule has 0 heterocycles. The number of halogens is 1. The van der Waals surface area contributed by atoms with E-state index in [0.717, 1.165) is 12.8 Å². The molecule has 0 spiro atoms. The molecular formula is C11H24ClNO2. The molecule has 3 N–H and O–H groups in total. The van der Waals surface area contributed by atoms with Gasteiger partial charge in [-0.1, -0.05) is 27.7 Å². The average Bonchev–Trinajstić information content (AvgIpc) is 1.96. The first-order valence-corrected chi connectivity index (χ1v) is 5.21. The van der Waals surface area contributed by atoms with Gasteiger partial charge in [0.1, 0.15) is 6.04 Å². The van der Waals surface area contributed by atoms with Crippen LogP contribution in [0.3, 0.4) is 0 Å². The summed E-state index contributed by atoms with van der Waals surface area (Å²) in [7, 11) is 0. The summed E-state index contributed by atoms with van der Waals surface area (Å²) in [4.78, 5) is 10.5. The smallest absolute Gasteiger partial charge is 0.320 e. The third kappa shape index (κ3) is 10.0. The van der Waals surface area contributed by atoms with Crippen molar-refractivity contribution in [2.45, 2.75) is 53.0 Å². The first-order valence-electron chi connectivity index (χ1n) is 5.21. The van der Waals surface area contributed by atoms with E-state index in [0.29, 0.717) is 17.8 Å². The molecule has 0 bridgehead atoms. The highest BCUT2D eigenvalue weighted by atomic mass is 35.5. The molecule has 2 atom stereocenters. The van der Waals surface area contributed by atoms with E-state index in [9.17, 15) is 4.79 Å². The predicted molar refractivity (Wildman–Crippen MR) is 65.3 cm³/mol.